The molecule has 2 rings (SSSR count). The summed E-state index contributed by atoms with van der Waals surface area (Å²) in [5.41, 5.74) is 0.546. The second-order valence-electron chi connectivity index (χ2n) is 4.32. The van der Waals surface area contributed by atoms with Crippen molar-refractivity contribution < 1.29 is 24.2 Å². The van der Waals surface area contributed by atoms with E-state index in [9.17, 15) is 14.7 Å². The lowest BCUT2D eigenvalue weighted by molar-refractivity contribution is -0.130. The highest BCUT2D eigenvalue weighted by Gasteiger charge is 2.18. The number of carbonyl (C=O) groups is 2. The Morgan fingerprint density at radius 2 is 1.64 bits per heavy atom. The third-order valence-corrected chi connectivity index (χ3v) is 2.86. The summed E-state index contributed by atoms with van der Waals surface area (Å²) in [5, 5.41) is 9.24. The molecule has 0 unspecified atom stereocenters. The van der Waals surface area contributed by atoms with Gasteiger partial charge in [0.25, 0.3) is 0 Å². The van der Waals surface area contributed by atoms with Crippen molar-refractivity contribution in [3.8, 4) is 5.75 Å². The first-order valence-electron chi connectivity index (χ1n) is 6.46. The third kappa shape index (κ3) is 3.52. The number of benzene rings is 2. The quantitative estimate of drug-likeness (QED) is 0.397. The van der Waals surface area contributed by atoms with Crippen LogP contribution in [-0.4, -0.2) is 24.2 Å². The summed E-state index contributed by atoms with van der Waals surface area (Å²) in [6.45, 7) is 0. The number of ether oxygens (including phenoxy) is 2. The Hall–Kier alpha value is -3.08. The summed E-state index contributed by atoms with van der Waals surface area (Å²) >= 11 is 0. The van der Waals surface area contributed by atoms with Crippen molar-refractivity contribution in [2.45, 2.75) is 0 Å². The van der Waals surface area contributed by atoms with Crippen molar-refractivity contribution in [3.63, 3.8) is 0 Å². The highest BCUT2D eigenvalue weighted by Crippen LogP contribution is 2.27. The van der Waals surface area contributed by atoms with Crippen molar-refractivity contribution in [1.82, 2.24) is 0 Å². The van der Waals surface area contributed by atoms with E-state index < -0.39 is 11.9 Å². The van der Waals surface area contributed by atoms with Gasteiger partial charge in [0.1, 0.15) is 11.3 Å². The van der Waals surface area contributed by atoms with Gasteiger partial charge in [-0.15, -0.1) is 0 Å². The van der Waals surface area contributed by atoms with Gasteiger partial charge in [-0.3, -0.25) is 0 Å². The number of carboxylic acids is 1. The highest BCUT2D eigenvalue weighted by molar-refractivity contribution is 6.16. The lowest BCUT2D eigenvalue weighted by atomic mass is 10.1. The van der Waals surface area contributed by atoms with Gasteiger partial charge in [0.2, 0.25) is 0 Å². The Morgan fingerprint density at radius 1 is 1.00 bits per heavy atom. The van der Waals surface area contributed by atoms with Gasteiger partial charge in [0, 0.05) is 5.56 Å². The fraction of sp³-hybridized carbons (Fsp3) is 0.0588. The molecule has 0 aliphatic heterocycles. The largest absolute Gasteiger partial charge is 0.503 e. The fourth-order valence-electron chi connectivity index (χ4n) is 1.86. The van der Waals surface area contributed by atoms with Crippen molar-refractivity contribution in [3.05, 3.63) is 72.0 Å². The van der Waals surface area contributed by atoms with Crippen LogP contribution >= 0.6 is 0 Å². The van der Waals surface area contributed by atoms with Gasteiger partial charge < -0.3 is 14.6 Å². The molecule has 0 saturated carbocycles. The molecule has 0 fully saturated rings. The van der Waals surface area contributed by atoms with E-state index in [1.54, 1.807) is 48.5 Å². The second kappa shape index (κ2) is 7.08. The molecule has 0 bridgehead atoms. The average molecular weight is 298 g/mol. The molecule has 5 heteroatoms. The van der Waals surface area contributed by atoms with Crippen LogP contribution in [0.1, 0.15) is 15.9 Å². The molecule has 0 aliphatic carbocycles. The van der Waals surface area contributed by atoms with E-state index in [0.29, 0.717) is 5.56 Å². The minimum absolute atomic E-state index is 0.0982. The number of hydrogen-bond acceptors (Lipinski definition) is 4. The molecule has 0 atom stereocenters. The van der Waals surface area contributed by atoms with Crippen LogP contribution in [0.15, 0.2) is 60.9 Å². The van der Waals surface area contributed by atoms with E-state index in [-0.39, 0.29) is 16.9 Å². The Kier molecular flexibility index (Phi) is 4.93. The van der Waals surface area contributed by atoms with E-state index in [0.717, 1.165) is 6.26 Å². The molecule has 0 spiro atoms. The molecule has 0 aromatic heterocycles. The lowest BCUT2D eigenvalue weighted by Crippen LogP contribution is -2.11. The fourth-order valence-corrected chi connectivity index (χ4v) is 1.86. The zero-order valence-corrected chi connectivity index (χ0v) is 11.9. The number of esters is 1. The molecular formula is C17H14O5. The van der Waals surface area contributed by atoms with Crippen molar-refractivity contribution in [2.75, 3.05) is 7.11 Å². The van der Waals surface area contributed by atoms with E-state index >= 15 is 0 Å². The molecule has 0 aliphatic rings. The van der Waals surface area contributed by atoms with Crippen LogP contribution < -0.4 is 4.74 Å². The van der Waals surface area contributed by atoms with Crippen molar-refractivity contribution in [2.24, 2.45) is 0 Å². The second-order valence-corrected chi connectivity index (χ2v) is 4.32. The molecule has 22 heavy (non-hydrogen) atoms. The van der Waals surface area contributed by atoms with Gasteiger partial charge in [0.05, 0.1) is 18.9 Å². The summed E-state index contributed by atoms with van der Waals surface area (Å²) in [5.74, 6) is -1.58. The van der Waals surface area contributed by atoms with Crippen LogP contribution in [-0.2, 0) is 9.53 Å². The third-order valence-electron chi connectivity index (χ3n) is 2.86. The SMILES string of the molecule is CO/C=C(\C(=O)O)c1ccccc1OC(=O)c1ccccc1. The van der Waals surface area contributed by atoms with E-state index in [4.69, 9.17) is 9.47 Å². The van der Waals surface area contributed by atoms with Gasteiger partial charge >= 0.3 is 11.9 Å². The lowest BCUT2D eigenvalue weighted by Gasteiger charge is -2.10. The minimum atomic E-state index is -1.18. The van der Waals surface area contributed by atoms with Gasteiger partial charge in [-0.1, -0.05) is 36.4 Å². The van der Waals surface area contributed by atoms with Crippen LogP contribution in [0, 0.1) is 0 Å². The Labute approximate surface area is 127 Å². The summed E-state index contributed by atoms with van der Waals surface area (Å²) in [7, 11) is 1.35. The predicted molar refractivity (Wildman–Crippen MR) is 80.5 cm³/mol. The zero-order valence-electron chi connectivity index (χ0n) is 11.9. The molecule has 0 amide bonds. The maximum atomic E-state index is 12.1. The molecule has 112 valence electrons. The zero-order chi connectivity index (χ0) is 15.9. The van der Waals surface area contributed by atoms with Gasteiger partial charge in [-0.05, 0) is 18.2 Å². The van der Waals surface area contributed by atoms with Crippen LogP contribution in [0.4, 0.5) is 0 Å². The smallest absolute Gasteiger partial charge is 0.343 e. The summed E-state index contributed by atoms with van der Waals surface area (Å²) < 4.78 is 10.1. The first-order chi connectivity index (χ1) is 10.6. The molecule has 0 radical (unpaired) electrons. The number of rotatable bonds is 5. The Bertz CT molecular complexity index is 704. The molecule has 5 nitrogen and oxygen atoms in total. The number of hydrogen-bond donors (Lipinski definition) is 1. The maximum Gasteiger partial charge on any atom is 0.343 e. The standard InChI is InChI=1S/C17H14O5/c1-21-11-14(16(18)19)13-9-5-6-10-15(13)22-17(20)12-7-3-2-4-8-12/h2-11H,1H3,(H,18,19)/b14-11-. The van der Waals surface area contributed by atoms with E-state index in [2.05, 4.69) is 0 Å². The summed E-state index contributed by atoms with van der Waals surface area (Å²) in [6, 6.07) is 14.9. The van der Waals surface area contributed by atoms with Crippen LogP contribution in [0.25, 0.3) is 5.57 Å². The van der Waals surface area contributed by atoms with Crippen LogP contribution in [0.5, 0.6) is 5.75 Å². The summed E-state index contributed by atoms with van der Waals surface area (Å²) in [4.78, 5) is 23.4. The van der Waals surface area contributed by atoms with Crippen LogP contribution in [0.2, 0.25) is 0 Å². The number of carboxylic acid groups (broad SMARTS) is 1. The van der Waals surface area contributed by atoms with Crippen molar-refractivity contribution in [1.29, 1.82) is 0 Å². The molecule has 2 aromatic carbocycles. The molecule has 0 saturated heterocycles. The Morgan fingerprint density at radius 3 is 2.27 bits per heavy atom. The monoisotopic (exact) mass is 298 g/mol. The Balaban J connectivity index is 2.35. The normalized spacial score (nSPS) is 10.9. The highest BCUT2D eigenvalue weighted by atomic mass is 16.5. The summed E-state index contributed by atoms with van der Waals surface area (Å²) in [6.07, 6.45) is 1.09. The minimum Gasteiger partial charge on any atom is -0.503 e. The first kappa shape index (κ1) is 15.3. The topological polar surface area (TPSA) is 72.8 Å². The van der Waals surface area contributed by atoms with Gasteiger partial charge in [-0.25, -0.2) is 9.59 Å². The molecule has 0 heterocycles. The predicted octanol–water partition coefficient (Wildman–Crippen LogP) is 2.98. The average Bonchev–Trinajstić information content (AvgIpc) is 2.54. The first-order valence-corrected chi connectivity index (χ1v) is 6.46. The maximum absolute atomic E-state index is 12.1. The number of aliphatic carboxylic acids is 1. The van der Waals surface area contributed by atoms with E-state index in [1.165, 1.54) is 13.2 Å². The molecule has 2 aromatic rings. The van der Waals surface area contributed by atoms with Crippen molar-refractivity contribution >= 4 is 17.5 Å². The number of carbonyl (C=O) groups excluding carboxylic acids is 1. The molecule has 1 N–H and O–H groups in total. The van der Waals surface area contributed by atoms with Gasteiger partial charge in [-0.2, -0.15) is 0 Å². The van der Waals surface area contributed by atoms with Gasteiger partial charge in [0.15, 0.2) is 0 Å². The number of para-hydroxylation sites is 1. The van der Waals surface area contributed by atoms with E-state index in [1.807, 2.05) is 0 Å². The van der Waals surface area contributed by atoms with Crippen LogP contribution in [0.3, 0.4) is 0 Å². The number of methoxy groups -OCH3 is 1. The molecular weight excluding hydrogens is 284 g/mol.